The molecule has 0 aliphatic carbocycles. The van der Waals surface area contributed by atoms with Crippen LogP contribution in [0, 0.1) is 11.3 Å². The second-order valence-electron chi connectivity index (χ2n) is 4.87. The van der Waals surface area contributed by atoms with Gasteiger partial charge in [0.15, 0.2) is 0 Å². The highest BCUT2D eigenvalue weighted by atomic mass is 35.5. The van der Waals surface area contributed by atoms with Gasteiger partial charge in [0.05, 0.1) is 22.8 Å². The standard InChI is InChI=1S/C14H13ClN6/c1-20(14-12(15)4-10(5-16)6-19-14)11-8-21(9-11)13-7-17-2-3-18-13/h2-4,6-7,11H,8-9H2,1H3. The number of pyridine rings is 1. The zero-order chi connectivity index (χ0) is 14.8. The van der Waals surface area contributed by atoms with Crippen molar-refractivity contribution in [3.05, 3.63) is 41.4 Å². The van der Waals surface area contributed by atoms with Crippen LogP contribution in [-0.2, 0) is 0 Å². The molecule has 1 aliphatic rings. The van der Waals surface area contributed by atoms with Crippen molar-refractivity contribution in [3.8, 4) is 6.07 Å². The molecule has 3 rings (SSSR count). The molecular weight excluding hydrogens is 288 g/mol. The second-order valence-corrected chi connectivity index (χ2v) is 5.28. The first-order valence-corrected chi connectivity index (χ1v) is 6.86. The van der Waals surface area contributed by atoms with E-state index in [1.54, 1.807) is 24.7 Å². The van der Waals surface area contributed by atoms with E-state index >= 15 is 0 Å². The summed E-state index contributed by atoms with van der Waals surface area (Å²) in [6.45, 7) is 1.68. The van der Waals surface area contributed by atoms with E-state index in [0.29, 0.717) is 22.4 Å². The zero-order valence-corrected chi connectivity index (χ0v) is 12.2. The molecule has 0 bridgehead atoms. The van der Waals surface area contributed by atoms with Crippen LogP contribution >= 0.6 is 11.6 Å². The third-order valence-corrected chi connectivity index (χ3v) is 3.85. The molecule has 3 heterocycles. The molecule has 0 unspecified atom stereocenters. The van der Waals surface area contributed by atoms with Crippen molar-refractivity contribution in [2.45, 2.75) is 6.04 Å². The van der Waals surface area contributed by atoms with Crippen LogP contribution < -0.4 is 9.80 Å². The molecule has 1 saturated heterocycles. The number of hydrogen-bond donors (Lipinski definition) is 0. The molecule has 0 radical (unpaired) electrons. The van der Waals surface area contributed by atoms with Gasteiger partial charge in [-0.25, -0.2) is 9.97 Å². The van der Waals surface area contributed by atoms with E-state index in [0.717, 1.165) is 18.9 Å². The van der Waals surface area contributed by atoms with Gasteiger partial charge < -0.3 is 9.80 Å². The van der Waals surface area contributed by atoms with Gasteiger partial charge in [-0.2, -0.15) is 5.26 Å². The molecule has 2 aromatic rings. The molecule has 0 atom stereocenters. The Bertz CT molecular complexity index is 678. The summed E-state index contributed by atoms with van der Waals surface area (Å²) in [5.41, 5.74) is 0.465. The Labute approximate surface area is 127 Å². The summed E-state index contributed by atoms with van der Waals surface area (Å²) in [7, 11) is 1.96. The smallest absolute Gasteiger partial charge is 0.147 e. The normalized spacial score (nSPS) is 14.4. The summed E-state index contributed by atoms with van der Waals surface area (Å²) in [4.78, 5) is 16.8. The van der Waals surface area contributed by atoms with Crippen molar-refractivity contribution >= 4 is 23.2 Å². The van der Waals surface area contributed by atoms with Crippen molar-refractivity contribution in [1.82, 2.24) is 15.0 Å². The van der Waals surface area contributed by atoms with E-state index in [4.69, 9.17) is 16.9 Å². The fraction of sp³-hybridized carbons (Fsp3) is 0.286. The molecule has 0 aromatic carbocycles. The van der Waals surface area contributed by atoms with Crippen LogP contribution in [0.1, 0.15) is 5.56 Å². The first-order chi connectivity index (χ1) is 10.2. The van der Waals surface area contributed by atoms with Gasteiger partial charge in [0, 0.05) is 38.7 Å². The van der Waals surface area contributed by atoms with E-state index in [-0.39, 0.29) is 0 Å². The molecule has 7 heteroatoms. The molecule has 1 fully saturated rings. The number of likely N-dealkylation sites (N-methyl/N-ethyl adjacent to an activating group) is 1. The number of hydrogen-bond acceptors (Lipinski definition) is 6. The second kappa shape index (κ2) is 5.54. The maximum Gasteiger partial charge on any atom is 0.147 e. The summed E-state index contributed by atoms with van der Waals surface area (Å²) < 4.78 is 0. The summed E-state index contributed by atoms with van der Waals surface area (Å²) in [5, 5.41) is 9.33. The van der Waals surface area contributed by atoms with Crippen molar-refractivity contribution in [2.24, 2.45) is 0 Å². The number of halogens is 1. The minimum Gasteiger partial charge on any atom is -0.352 e. The lowest BCUT2D eigenvalue weighted by Crippen LogP contribution is -2.59. The number of aromatic nitrogens is 3. The largest absolute Gasteiger partial charge is 0.352 e. The summed E-state index contributed by atoms with van der Waals surface area (Å²) in [6, 6.07) is 3.98. The van der Waals surface area contributed by atoms with Crippen molar-refractivity contribution in [3.63, 3.8) is 0 Å². The molecule has 0 saturated carbocycles. The van der Waals surface area contributed by atoms with Gasteiger partial charge in [-0.1, -0.05) is 11.6 Å². The third-order valence-electron chi connectivity index (χ3n) is 3.57. The van der Waals surface area contributed by atoms with E-state index in [9.17, 15) is 0 Å². The van der Waals surface area contributed by atoms with Crippen LogP contribution in [0.15, 0.2) is 30.9 Å². The fourth-order valence-electron chi connectivity index (χ4n) is 2.27. The Hall–Kier alpha value is -2.39. The van der Waals surface area contributed by atoms with Gasteiger partial charge in [-0.05, 0) is 6.07 Å². The number of anilines is 2. The predicted octanol–water partition coefficient (Wildman–Crippen LogP) is 1.72. The maximum absolute atomic E-state index is 8.84. The first kappa shape index (κ1) is 13.6. The van der Waals surface area contributed by atoms with E-state index in [2.05, 4.69) is 19.9 Å². The van der Waals surface area contributed by atoms with Crippen molar-refractivity contribution in [2.75, 3.05) is 29.9 Å². The van der Waals surface area contributed by atoms with Crippen molar-refractivity contribution in [1.29, 1.82) is 5.26 Å². The molecule has 2 aromatic heterocycles. The molecule has 1 aliphatic heterocycles. The van der Waals surface area contributed by atoms with E-state index in [1.807, 2.05) is 18.0 Å². The lowest BCUT2D eigenvalue weighted by Gasteiger charge is -2.45. The average molecular weight is 301 g/mol. The van der Waals surface area contributed by atoms with Crippen LogP contribution in [-0.4, -0.2) is 41.1 Å². The van der Waals surface area contributed by atoms with Crippen LogP contribution in [0.5, 0.6) is 0 Å². The maximum atomic E-state index is 8.84. The van der Waals surface area contributed by atoms with Gasteiger partial charge in [0.1, 0.15) is 17.7 Å². The first-order valence-electron chi connectivity index (χ1n) is 6.48. The van der Waals surface area contributed by atoms with Gasteiger partial charge in [-0.15, -0.1) is 0 Å². The summed E-state index contributed by atoms with van der Waals surface area (Å²) in [5.74, 6) is 1.57. The fourth-order valence-corrected chi connectivity index (χ4v) is 2.57. The number of nitriles is 1. The summed E-state index contributed by atoms with van der Waals surface area (Å²) >= 11 is 6.19. The minimum atomic E-state index is 0.310. The van der Waals surface area contributed by atoms with E-state index < -0.39 is 0 Å². The Kier molecular flexibility index (Phi) is 3.59. The van der Waals surface area contributed by atoms with Gasteiger partial charge in [-0.3, -0.25) is 4.98 Å². The van der Waals surface area contributed by atoms with Crippen LogP contribution in [0.4, 0.5) is 11.6 Å². The molecule has 0 amide bonds. The topological polar surface area (TPSA) is 68.9 Å². The van der Waals surface area contributed by atoms with Crippen LogP contribution in [0.25, 0.3) is 0 Å². The molecule has 106 valence electrons. The van der Waals surface area contributed by atoms with E-state index in [1.165, 1.54) is 6.20 Å². The third kappa shape index (κ3) is 2.60. The van der Waals surface area contributed by atoms with Gasteiger partial charge in [0.2, 0.25) is 0 Å². The molecule has 0 N–H and O–H groups in total. The molecular formula is C14H13ClN6. The van der Waals surface area contributed by atoms with Crippen LogP contribution in [0.2, 0.25) is 5.02 Å². The monoisotopic (exact) mass is 300 g/mol. The highest BCUT2D eigenvalue weighted by Gasteiger charge is 2.32. The Morgan fingerprint density at radius 3 is 2.76 bits per heavy atom. The SMILES string of the molecule is CN(c1ncc(C#N)cc1Cl)C1CN(c2cnccn2)C1. The summed E-state index contributed by atoms with van der Waals surface area (Å²) in [6.07, 6.45) is 6.64. The minimum absolute atomic E-state index is 0.310. The molecule has 6 nitrogen and oxygen atoms in total. The molecule has 21 heavy (non-hydrogen) atoms. The Balaban J connectivity index is 1.68. The number of rotatable bonds is 3. The van der Waals surface area contributed by atoms with Crippen LogP contribution in [0.3, 0.4) is 0 Å². The quantitative estimate of drug-likeness (QED) is 0.860. The van der Waals surface area contributed by atoms with Gasteiger partial charge >= 0.3 is 0 Å². The number of nitrogens with zero attached hydrogens (tertiary/aromatic N) is 6. The zero-order valence-electron chi connectivity index (χ0n) is 11.4. The average Bonchev–Trinajstić information content (AvgIpc) is 2.46. The van der Waals surface area contributed by atoms with Crippen molar-refractivity contribution < 1.29 is 0 Å². The lowest BCUT2D eigenvalue weighted by atomic mass is 10.1. The van der Waals surface area contributed by atoms with Gasteiger partial charge in [0.25, 0.3) is 0 Å². The highest BCUT2D eigenvalue weighted by Crippen LogP contribution is 2.28. The molecule has 0 spiro atoms. The predicted molar refractivity (Wildman–Crippen MR) is 80.4 cm³/mol. The Morgan fingerprint density at radius 1 is 1.33 bits per heavy atom. The highest BCUT2D eigenvalue weighted by molar-refractivity contribution is 6.33. The Morgan fingerprint density at radius 2 is 2.14 bits per heavy atom. The lowest BCUT2D eigenvalue weighted by molar-refractivity contribution is 0.489.